The third kappa shape index (κ3) is 4.12. The minimum absolute atomic E-state index is 0.200. The van der Waals surface area contributed by atoms with E-state index in [9.17, 15) is 27.6 Å². The van der Waals surface area contributed by atoms with Gasteiger partial charge in [0.2, 0.25) is 0 Å². The molecule has 3 aromatic rings. The summed E-state index contributed by atoms with van der Waals surface area (Å²) in [5, 5.41) is 11.6. The minimum Gasteiger partial charge on any atom is -0.349 e. The molecule has 3 N–H and O–H groups in total. The molecule has 1 atom stereocenters. The predicted octanol–water partition coefficient (Wildman–Crippen LogP) is 3.05. The number of urea groups is 1. The van der Waals surface area contributed by atoms with Crippen molar-refractivity contribution in [3.05, 3.63) is 77.6 Å². The van der Waals surface area contributed by atoms with Crippen LogP contribution in [0.5, 0.6) is 0 Å². The summed E-state index contributed by atoms with van der Waals surface area (Å²) in [6.07, 6.45) is -2.99. The molecule has 1 aliphatic rings. The van der Waals surface area contributed by atoms with Crippen LogP contribution in [0.3, 0.4) is 0 Å². The highest BCUT2D eigenvalue weighted by atomic mass is 19.4. The zero-order valence-corrected chi connectivity index (χ0v) is 17.9. The van der Waals surface area contributed by atoms with Gasteiger partial charge >= 0.3 is 12.2 Å². The Hall–Kier alpha value is -4.15. The average molecular weight is 471 g/mol. The molecule has 8 nitrogen and oxygen atoms in total. The highest BCUT2D eigenvalue weighted by molar-refractivity contribution is 6.08. The molecule has 34 heavy (non-hydrogen) atoms. The highest BCUT2D eigenvalue weighted by Gasteiger charge is 2.50. The molecule has 1 saturated heterocycles. The van der Waals surface area contributed by atoms with Gasteiger partial charge < -0.3 is 10.6 Å². The lowest BCUT2D eigenvalue weighted by molar-refractivity contribution is -0.137. The van der Waals surface area contributed by atoms with Crippen LogP contribution in [0.25, 0.3) is 11.1 Å². The van der Waals surface area contributed by atoms with E-state index in [-0.39, 0.29) is 12.1 Å². The lowest BCUT2D eigenvalue weighted by Gasteiger charge is -2.27. The first-order valence-electron chi connectivity index (χ1n) is 10.4. The SMILES string of the molecule is CCn1nccc1C1(CNC(=O)c2ccccc2-c2ccc(C(F)(F)F)cc2)NC(=O)NC1=O. The van der Waals surface area contributed by atoms with Gasteiger partial charge in [-0.3, -0.25) is 19.6 Å². The van der Waals surface area contributed by atoms with Crippen LogP contribution in [0.1, 0.15) is 28.5 Å². The second-order valence-corrected chi connectivity index (χ2v) is 7.65. The van der Waals surface area contributed by atoms with E-state index in [1.807, 2.05) is 6.92 Å². The number of imide groups is 1. The van der Waals surface area contributed by atoms with Crippen LogP contribution in [0.4, 0.5) is 18.0 Å². The number of aryl methyl sites for hydroxylation is 1. The number of benzene rings is 2. The van der Waals surface area contributed by atoms with Gasteiger partial charge in [0.25, 0.3) is 11.8 Å². The van der Waals surface area contributed by atoms with E-state index in [1.54, 1.807) is 24.3 Å². The molecule has 176 valence electrons. The molecular weight excluding hydrogens is 451 g/mol. The van der Waals surface area contributed by atoms with E-state index in [4.69, 9.17) is 0 Å². The highest BCUT2D eigenvalue weighted by Crippen LogP contribution is 2.32. The fourth-order valence-corrected chi connectivity index (χ4v) is 3.91. The fourth-order valence-electron chi connectivity index (χ4n) is 3.91. The maximum Gasteiger partial charge on any atom is 0.416 e. The molecule has 0 saturated carbocycles. The lowest BCUT2D eigenvalue weighted by atomic mass is 9.94. The largest absolute Gasteiger partial charge is 0.416 e. The average Bonchev–Trinajstić information content (AvgIpc) is 3.41. The Morgan fingerprint density at radius 2 is 1.79 bits per heavy atom. The molecule has 0 bridgehead atoms. The second kappa shape index (κ2) is 8.65. The fraction of sp³-hybridized carbons (Fsp3) is 0.217. The van der Waals surface area contributed by atoms with Crippen molar-refractivity contribution in [2.45, 2.75) is 25.2 Å². The standard InChI is InChI=1S/C23H20F3N5O3/c1-2-31-18(11-12-28-31)22(20(33)29-21(34)30-22)13-27-19(32)17-6-4-3-5-16(17)14-7-9-15(10-8-14)23(24,25)26/h3-12H,2,13H2,1H3,(H,27,32)(H2,29,30,33,34). The molecule has 1 unspecified atom stereocenters. The number of halogens is 3. The van der Waals surface area contributed by atoms with Gasteiger partial charge in [0, 0.05) is 18.3 Å². The molecule has 1 aliphatic heterocycles. The number of aromatic nitrogens is 2. The van der Waals surface area contributed by atoms with Gasteiger partial charge in [-0.1, -0.05) is 30.3 Å². The van der Waals surface area contributed by atoms with Crippen molar-refractivity contribution in [2.24, 2.45) is 0 Å². The van der Waals surface area contributed by atoms with E-state index in [0.29, 0.717) is 23.4 Å². The summed E-state index contributed by atoms with van der Waals surface area (Å²) in [6, 6.07) is 11.8. The number of hydrogen-bond acceptors (Lipinski definition) is 4. The summed E-state index contributed by atoms with van der Waals surface area (Å²) in [6.45, 7) is 1.98. The summed E-state index contributed by atoms with van der Waals surface area (Å²) < 4.78 is 40.3. The summed E-state index contributed by atoms with van der Waals surface area (Å²) in [5.41, 5.74) is -0.926. The Bertz CT molecular complexity index is 1250. The first kappa shape index (κ1) is 23.0. The molecule has 0 radical (unpaired) electrons. The third-order valence-electron chi connectivity index (χ3n) is 5.60. The van der Waals surface area contributed by atoms with Crippen molar-refractivity contribution in [3.8, 4) is 11.1 Å². The zero-order chi connectivity index (χ0) is 24.5. The third-order valence-corrected chi connectivity index (χ3v) is 5.60. The van der Waals surface area contributed by atoms with Crippen LogP contribution in [0.2, 0.25) is 0 Å². The van der Waals surface area contributed by atoms with E-state index >= 15 is 0 Å². The first-order chi connectivity index (χ1) is 16.2. The molecule has 0 aliphatic carbocycles. The number of rotatable bonds is 6. The Morgan fingerprint density at radius 1 is 1.09 bits per heavy atom. The van der Waals surface area contributed by atoms with Crippen molar-refractivity contribution >= 4 is 17.8 Å². The van der Waals surface area contributed by atoms with Crippen molar-refractivity contribution in [2.75, 3.05) is 6.54 Å². The quantitative estimate of drug-likeness (QED) is 0.481. The monoisotopic (exact) mass is 471 g/mol. The van der Waals surface area contributed by atoms with Crippen molar-refractivity contribution in [1.82, 2.24) is 25.7 Å². The Balaban J connectivity index is 1.62. The van der Waals surface area contributed by atoms with Gasteiger partial charge in [0.05, 0.1) is 17.8 Å². The molecule has 2 heterocycles. The maximum absolute atomic E-state index is 13.1. The number of amides is 4. The van der Waals surface area contributed by atoms with Crippen LogP contribution in [-0.4, -0.2) is 34.2 Å². The molecular formula is C23H20F3N5O3. The molecule has 4 amide bonds. The Kier molecular flexibility index (Phi) is 5.86. The number of carbonyl (C=O) groups excluding carboxylic acids is 3. The van der Waals surface area contributed by atoms with Crippen molar-refractivity contribution in [1.29, 1.82) is 0 Å². The van der Waals surface area contributed by atoms with Crippen molar-refractivity contribution in [3.63, 3.8) is 0 Å². The number of carbonyl (C=O) groups is 3. The molecule has 11 heteroatoms. The molecule has 0 spiro atoms. The topological polar surface area (TPSA) is 105 Å². The summed E-state index contributed by atoms with van der Waals surface area (Å²) in [4.78, 5) is 37.8. The van der Waals surface area contributed by atoms with Crippen LogP contribution in [-0.2, 0) is 23.1 Å². The van der Waals surface area contributed by atoms with Gasteiger partial charge in [0.15, 0.2) is 5.54 Å². The number of nitrogens with zero attached hydrogens (tertiary/aromatic N) is 2. The van der Waals surface area contributed by atoms with Gasteiger partial charge in [-0.05, 0) is 42.3 Å². The first-order valence-corrected chi connectivity index (χ1v) is 10.4. The normalized spacial score (nSPS) is 17.9. The molecule has 1 aromatic heterocycles. The van der Waals surface area contributed by atoms with E-state index in [1.165, 1.54) is 29.1 Å². The lowest BCUT2D eigenvalue weighted by Crippen LogP contribution is -2.53. The predicted molar refractivity (Wildman–Crippen MR) is 115 cm³/mol. The van der Waals surface area contributed by atoms with Crippen LogP contribution >= 0.6 is 0 Å². The molecule has 2 aromatic carbocycles. The maximum atomic E-state index is 13.1. The van der Waals surface area contributed by atoms with Crippen LogP contribution < -0.4 is 16.0 Å². The zero-order valence-electron chi connectivity index (χ0n) is 17.9. The van der Waals surface area contributed by atoms with Crippen LogP contribution in [0.15, 0.2) is 60.8 Å². The summed E-state index contributed by atoms with van der Waals surface area (Å²) in [7, 11) is 0. The minimum atomic E-state index is -4.47. The number of alkyl halides is 3. The molecule has 4 rings (SSSR count). The van der Waals surface area contributed by atoms with E-state index in [2.05, 4.69) is 21.0 Å². The number of nitrogens with one attached hydrogen (secondary N) is 3. The number of hydrogen-bond donors (Lipinski definition) is 3. The molecule has 1 fully saturated rings. The van der Waals surface area contributed by atoms with Gasteiger partial charge in [-0.2, -0.15) is 18.3 Å². The summed E-state index contributed by atoms with van der Waals surface area (Å²) in [5.74, 6) is -1.20. The van der Waals surface area contributed by atoms with Crippen molar-refractivity contribution < 1.29 is 27.6 Å². The van der Waals surface area contributed by atoms with Gasteiger partial charge in [-0.25, -0.2) is 4.79 Å². The van der Waals surface area contributed by atoms with Gasteiger partial charge in [-0.15, -0.1) is 0 Å². The van der Waals surface area contributed by atoms with E-state index < -0.39 is 35.1 Å². The Labute approximate surface area is 192 Å². The second-order valence-electron chi connectivity index (χ2n) is 7.65. The van der Waals surface area contributed by atoms with Gasteiger partial charge in [0.1, 0.15) is 0 Å². The smallest absolute Gasteiger partial charge is 0.349 e. The van der Waals surface area contributed by atoms with Crippen LogP contribution in [0, 0.1) is 0 Å². The Morgan fingerprint density at radius 3 is 2.41 bits per heavy atom. The summed E-state index contributed by atoms with van der Waals surface area (Å²) >= 11 is 0. The van der Waals surface area contributed by atoms with E-state index in [0.717, 1.165) is 12.1 Å².